The van der Waals surface area contributed by atoms with E-state index in [1.54, 1.807) is 6.07 Å². The molecule has 4 nitrogen and oxygen atoms in total. The van der Waals surface area contributed by atoms with Crippen molar-refractivity contribution in [2.75, 3.05) is 0 Å². The molecule has 2 heterocycles. The summed E-state index contributed by atoms with van der Waals surface area (Å²) in [5.74, 6) is 0.882. The smallest absolute Gasteiger partial charge is 0.148 e. The van der Waals surface area contributed by atoms with Crippen LogP contribution in [-0.4, -0.2) is 19.6 Å². The van der Waals surface area contributed by atoms with Crippen LogP contribution < -0.4 is 0 Å². The van der Waals surface area contributed by atoms with Crippen LogP contribution >= 0.6 is 0 Å². The van der Waals surface area contributed by atoms with Gasteiger partial charge in [0.25, 0.3) is 0 Å². The molecule has 0 aliphatic heterocycles. The number of aromatic hydroxyl groups is 1. The number of pyridine rings is 1. The minimum atomic E-state index is -0.0221. The quantitative estimate of drug-likeness (QED) is 0.180. The van der Waals surface area contributed by atoms with Gasteiger partial charge in [-0.1, -0.05) is 101 Å². The summed E-state index contributed by atoms with van der Waals surface area (Å²) in [6.07, 6.45) is 1.89. The van der Waals surface area contributed by atoms with Crippen LogP contribution in [0.25, 0.3) is 61.3 Å². The zero-order valence-corrected chi connectivity index (χ0v) is 30.8. The van der Waals surface area contributed by atoms with E-state index in [-0.39, 0.29) is 37.6 Å². The fourth-order valence-corrected chi connectivity index (χ4v) is 6.34. The first kappa shape index (κ1) is 33.4. The molecule has 48 heavy (non-hydrogen) atoms. The van der Waals surface area contributed by atoms with Gasteiger partial charge in [0.2, 0.25) is 0 Å². The molecule has 5 heteroatoms. The predicted octanol–water partition coefficient (Wildman–Crippen LogP) is 11.0. The Balaban J connectivity index is 0.00000401. The molecule has 0 aliphatic carbocycles. The van der Waals surface area contributed by atoms with E-state index < -0.39 is 0 Å². The van der Waals surface area contributed by atoms with Crippen LogP contribution in [0.5, 0.6) is 5.75 Å². The van der Waals surface area contributed by atoms with Gasteiger partial charge in [0.15, 0.2) is 0 Å². The van der Waals surface area contributed by atoms with Gasteiger partial charge in [-0.25, -0.2) is 4.98 Å². The number of rotatable bonds is 4. The van der Waals surface area contributed by atoms with Gasteiger partial charge in [0, 0.05) is 38.5 Å². The van der Waals surface area contributed by atoms with Crippen molar-refractivity contribution in [2.45, 2.75) is 59.3 Å². The average Bonchev–Trinajstić information content (AvgIpc) is 3.43. The van der Waals surface area contributed by atoms with E-state index in [2.05, 4.69) is 138 Å². The van der Waals surface area contributed by atoms with Crippen LogP contribution in [-0.2, 0) is 31.9 Å². The number of phenols is 1. The Kier molecular flexibility index (Phi) is 8.68. The second kappa shape index (κ2) is 12.5. The van der Waals surface area contributed by atoms with Crippen molar-refractivity contribution in [3.05, 3.63) is 132 Å². The van der Waals surface area contributed by atoms with Gasteiger partial charge in [-0.15, -0.1) is 35.4 Å². The monoisotopic (exact) mass is 809 g/mol. The maximum atomic E-state index is 11.0. The Morgan fingerprint density at radius 1 is 0.646 bits per heavy atom. The maximum absolute atomic E-state index is 11.0. The standard InChI is InChI=1S/C43H40N3O.Pt/c1-27-22-23-44-39-35(27)25-31(43(5,6)7)26-36(39)29-13-10-12-28(24-29)33-15-11-16-37-40(33)45-41(34-14-8-9-17-38(34)47)46(37)32-20-18-30(19-21-32)42(2,3)4;/h8-23,25-26,47H,1-7H3;/q-1;. The van der Waals surface area contributed by atoms with Crippen molar-refractivity contribution in [1.29, 1.82) is 0 Å². The van der Waals surface area contributed by atoms with Gasteiger partial charge < -0.3 is 5.11 Å². The minimum Gasteiger partial charge on any atom is -0.507 e. The molecule has 0 radical (unpaired) electrons. The number of nitrogens with zero attached hydrogens (tertiary/aromatic N) is 3. The number of aryl methyl sites for hydroxylation is 1. The van der Waals surface area contributed by atoms with E-state index in [9.17, 15) is 5.11 Å². The number of para-hydroxylation sites is 2. The van der Waals surface area contributed by atoms with Crippen molar-refractivity contribution < 1.29 is 26.2 Å². The van der Waals surface area contributed by atoms with Gasteiger partial charge in [0.05, 0.1) is 16.6 Å². The van der Waals surface area contributed by atoms with Crippen molar-refractivity contribution in [1.82, 2.24) is 14.5 Å². The molecule has 0 bridgehead atoms. The molecular weight excluding hydrogens is 770 g/mol. The van der Waals surface area contributed by atoms with Crippen LogP contribution in [0.3, 0.4) is 0 Å². The molecule has 7 aromatic rings. The predicted molar refractivity (Wildman–Crippen MR) is 195 cm³/mol. The third kappa shape index (κ3) is 5.99. The number of hydrogen-bond donors (Lipinski definition) is 1. The Bertz CT molecular complexity index is 2290. The van der Waals surface area contributed by atoms with Gasteiger partial charge >= 0.3 is 0 Å². The van der Waals surface area contributed by atoms with Gasteiger partial charge in [-0.2, -0.15) is 0 Å². The second-order valence-electron chi connectivity index (χ2n) is 14.5. The molecule has 0 fully saturated rings. The molecule has 0 saturated carbocycles. The molecule has 2 aromatic heterocycles. The first-order valence-corrected chi connectivity index (χ1v) is 16.2. The summed E-state index contributed by atoms with van der Waals surface area (Å²) < 4.78 is 2.15. The Labute approximate surface area is 297 Å². The molecule has 5 aromatic carbocycles. The number of fused-ring (bicyclic) bond motifs is 2. The van der Waals surface area contributed by atoms with Crippen LogP contribution in [0, 0.1) is 13.0 Å². The summed E-state index contributed by atoms with van der Waals surface area (Å²) in [6, 6.07) is 39.1. The van der Waals surface area contributed by atoms with E-state index in [1.165, 1.54) is 22.1 Å². The first-order chi connectivity index (χ1) is 22.4. The van der Waals surface area contributed by atoms with Gasteiger partial charge in [0.1, 0.15) is 11.6 Å². The molecule has 1 N–H and O–H groups in total. The van der Waals surface area contributed by atoms with Gasteiger partial charge in [-0.05, 0) is 76.2 Å². The summed E-state index contributed by atoms with van der Waals surface area (Å²) >= 11 is 0. The fourth-order valence-electron chi connectivity index (χ4n) is 6.34. The third-order valence-corrected chi connectivity index (χ3v) is 9.13. The number of hydrogen-bond acceptors (Lipinski definition) is 3. The van der Waals surface area contributed by atoms with Crippen LogP contribution in [0.1, 0.15) is 58.2 Å². The van der Waals surface area contributed by atoms with Crippen molar-refractivity contribution >= 4 is 21.9 Å². The zero-order chi connectivity index (χ0) is 33.1. The summed E-state index contributed by atoms with van der Waals surface area (Å²) in [4.78, 5) is 10.1. The summed E-state index contributed by atoms with van der Waals surface area (Å²) in [6.45, 7) is 15.6. The molecule has 7 rings (SSSR count). The van der Waals surface area contributed by atoms with Crippen LogP contribution in [0.15, 0.2) is 109 Å². The molecule has 0 atom stereocenters. The number of benzene rings is 5. The number of imidazole rings is 1. The van der Waals surface area contributed by atoms with E-state index in [0.29, 0.717) is 11.4 Å². The SMILES string of the molecule is Cc1ccnc2c(-c3[c-]c(-c4cccc5c4nc(-c4ccccc4O)n5-c4ccc(C(C)(C)C)cc4)ccc3)cc(C(C)(C)C)cc12.[Pt]. The van der Waals surface area contributed by atoms with E-state index in [4.69, 9.17) is 9.97 Å². The summed E-state index contributed by atoms with van der Waals surface area (Å²) in [5.41, 5.74) is 12.2. The van der Waals surface area contributed by atoms with Crippen molar-refractivity contribution in [3.8, 4) is 45.1 Å². The fraction of sp³-hybridized carbons (Fsp3) is 0.209. The van der Waals surface area contributed by atoms with E-state index in [0.717, 1.165) is 44.5 Å². The number of aromatic nitrogens is 3. The Hall–Kier alpha value is -4.53. The summed E-state index contributed by atoms with van der Waals surface area (Å²) in [5, 5.41) is 12.1. The maximum Gasteiger partial charge on any atom is 0.148 e. The zero-order valence-electron chi connectivity index (χ0n) is 28.5. The van der Waals surface area contributed by atoms with Crippen molar-refractivity contribution in [3.63, 3.8) is 0 Å². The number of phenolic OH excluding ortho intramolecular Hbond substituents is 1. The largest absolute Gasteiger partial charge is 0.507 e. The second-order valence-corrected chi connectivity index (χ2v) is 14.5. The average molecular weight is 810 g/mol. The first-order valence-electron chi connectivity index (χ1n) is 16.2. The normalized spacial score (nSPS) is 12.0. The third-order valence-electron chi connectivity index (χ3n) is 9.13. The van der Waals surface area contributed by atoms with E-state index in [1.807, 2.05) is 24.4 Å². The molecule has 0 saturated heterocycles. The Morgan fingerprint density at radius 2 is 1.29 bits per heavy atom. The topological polar surface area (TPSA) is 50.9 Å². The Morgan fingerprint density at radius 3 is 1.98 bits per heavy atom. The molecule has 244 valence electrons. The molecule has 0 amide bonds. The minimum absolute atomic E-state index is 0. The van der Waals surface area contributed by atoms with E-state index >= 15 is 0 Å². The van der Waals surface area contributed by atoms with Crippen LogP contribution in [0.2, 0.25) is 0 Å². The summed E-state index contributed by atoms with van der Waals surface area (Å²) in [7, 11) is 0. The molecular formula is C43H40N3OPt-. The molecule has 0 unspecified atom stereocenters. The molecule has 0 aliphatic rings. The van der Waals surface area contributed by atoms with Crippen LogP contribution in [0.4, 0.5) is 0 Å². The van der Waals surface area contributed by atoms with Crippen molar-refractivity contribution in [2.24, 2.45) is 0 Å². The van der Waals surface area contributed by atoms with Gasteiger partial charge in [-0.3, -0.25) is 9.55 Å². The molecule has 0 spiro atoms.